The number of carbonyl (C=O) groups excluding carboxylic acids is 9. The highest BCUT2D eigenvalue weighted by Gasteiger charge is 2.34. The molecule has 0 saturated carbocycles. The summed E-state index contributed by atoms with van der Waals surface area (Å²) >= 11 is 0. The molecule has 1 aromatic carbocycles. The summed E-state index contributed by atoms with van der Waals surface area (Å²) in [5.41, 5.74) is 18.2. The number of primary amides is 2. The van der Waals surface area contributed by atoms with E-state index >= 15 is 0 Å². The predicted octanol–water partition coefficient (Wildman–Crippen LogP) is -0.330. The Morgan fingerprint density at radius 3 is 2.00 bits per heavy atom. The van der Waals surface area contributed by atoms with Crippen molar-refractivity contribution < 1.29 is 43.2 Å². The third-order valence-electron chi connectivity index (χ3n) is 11.9. The number of fused-ring (bicyclic) bond motifs is 1. The summed E-state index contributed by atoms with van der Waals surface area (Å²) in [6.07, 6.45) is 5.34. The van der Waals surface area contributed by atoms with Crippen LogP contribution < -0.4 is 49.1 Å². The molecule has 3 rings (SSSR count). The van der Waals surface area contributed by atoms with Crippen molar-refractivity contribution in [2.75, 3.05) is 13.6 Å². The lowest BCUT2D eigenvalue weighted by atomic mass is 9.86. The zero-order valence-corrected chi connectivity index (χ0v) is 41.2. The standard InChI is InChI=1S/C47H73N13O9/c1-10-26(4)32(16-18-37(62)58-40(41(50)64)47(6,7)8)56-45(68)35(20-29-22-51-24-53-29)55-38(63)23-60(9)46(69)39(25(2)3)59-42(65)27(5)54-44(67)34(57-43(66)31(48)15-17-36(49)61)19-28-21-52-33-14-12-11-13-30(28)33/h11-14,21-22,24-27,31-32,34-35,39-40,52H,10,15-20,23,48H2,1-9H3,(H2,49,61)(H2,50,64)(H,51,53)(H,54,67)(H,55,63)(H,56,68)(H,57,66)(H,58,62)(H,59,65)/t26?,27-,31-,32?,34-,35-,39-,40?/m0/s1. The van der Waals surface area contributed by atoms with Crippen molar-refractivity contribution in [2.45, 2.75) is 143 Å². The molecule has 0 aliphatic carbocycles. The average Bonchev–Trinajstić information content (AvgIpc) is 3.96. The molecule has 8 atom stereocenters. The molecule has 380 valence electrons. The van der Waals surface area contributed by atoms with Crippen molar-refractivity contribution in [3.63, 3.8) is 0 Å². The molecule has 14 N–H and O–H groups in total. The lowest BCUT2D eigenvalue weighted by Gasteiger charge is -2.30. The maximum atomic E-state index is 13.9. The van der Waals surface area contributed by atoms with Gasteiger partial charge in [-0.15, -0.1) is 0 Å². The number of likely N-dealkylation sites (N-methyl/N-ethyl adjacent to an activating group) is 1. The number of H-pyrrole nitrogens is 2. The minimum absolute atomic E-state index is 0.0114. The number of nitrogens with two attached hydrogens (primary N) is 3. The molecule has 9 amide bonds. The quantitative estimate of drug-likeness (QED) is 0.0470. The number of para-hydroxylation sites is 1. The molecule has 3 aromatic rings. The summed E-state index contributed by atoms with van der Waals surface area (Å²) < 4.78 is 0. The molecule has 0 saturated heterocycles. The highest BCUT2D eigenvalue weighted by atomic mass is 16.2. The zero-order valence-electron chi connectivity index (χ0n) is 41.2. The highest BCUT2D eigenvalue weighted by Crippen LogP contribution is 2.21. The summed E-state index contributed by atoms with van der Waals surface area (Å²) in [6, 6.07) is 0.112. The second kappa shape index (κ2) is 26.1. The number of aromatic nitrogens is 3. The van der Waals surface area contributed by atoms with E-state index in [1.165, 1.54) is 26.5 Å². The first kappa shape index (κ1) is 56.5. The highest BCUT2D eigenvalue weighted by molar-refractivity contribution is 5.96. The van der Waals surface area contributed by atoms with Gasteiger partial charge in [-0.3, -0.25) is 43.2 Å². The number of hydrogen-bond acceptors (Lipinski definition) is 11. The number of amides is 9. The molecule has 2 heterocycles. The summed E-state index contributed by atoms with van der Waals surface area (Å²) in [7, 11) is 1.37. The minimum Gasteiger partial charge on any atom is -0.370 e. The average molecular weight is 964 g/mol. The fraction of sp³-hybridized carbons (Fsp3) is 0.574. The summed E-state index contributed by atoms with van der Waals surface area (Å²) in [4.78, 5) is 130. The van der Waals surface area contributed by atoms with E-state index in [-0.39, 0.29) is 44.4 Å². The molecule has 0 aliphatic heterocycles. The van der Waals surface area contributed by atoms with Crippen LogP contribution in [0.2, 0.25) is 0 Å². The van der Waals surface area contributed by atoms with E-state index in [9.17, 15) is 43.2 Å². The van der Waals surface area contributed by atoms with E-state index in [2.05, 4.69) is 46.9 Å². The van der Waals surface area contributed by atoms with Gasteiger partial charge in [-0.25, -0.2) is 4.98 Å². The Bertz CT molecular complexity index is 2260. The molecule has 22 nitrogen and oxygen atoms in total. The Labute approximate surface area is 402 Å². The van der Waals surface area contributed by atoms with Gasteiger partial charge in [0.1, 0.15) is 30.2 Å². The van der Waals surface area contributed by atoms with Crippen LogP contribution in [0.3, 0.4) is 0 Å². The van der Waals surface area contributed by atoms with Crippen LogP contribution in [0, 0.1) is 17.3 Å². The molecule has 0 spiro atoms. The lowest BCUT2D eigenvalue weighted by molar-refractivity contribution is -0.140. The summed E-state index contributed by atoms with van der Waals surface area (Å²) in [5, 5.41) is 17.2. The number of hydrogen-bond donors (Lipinski definition) is 11. The van der Waals surface area contributed by atoms with Gasteiger partial charge in [0, 0.05) is 67.8 Å². The molecular formula is C47H73N13O9. The fourth-order valence-electron chi connectivity index (χ4n) is 7.51. The summed E-state index contributed by atoms with van der Waals surface area (Å²) in [6.45, 7) is 13.5. The van der Waals surface area contributed by atoms with Crippen LogP contribution in [0.15, 0.2) is 43.0 Å². The van der Waals surface area contributed by atoms with E-state index in [4.69, 9.17) is 17.2 Å². The summed E-state index contributed by atoms with van der Waals surface area (Å²) in [5.74, 6) is -6.29. The maximum Gasteiger partial charge on any atom is 0.245 e. The van der Waals surface area contributed by atoms with Gasteiger partial charge in [0.05, 0.1) is 18.9 Å². The Hall–Kier alpha value is -6.84. The Morgan fingerprint density at radius 1 is 0.754 bits per heavy atom. The fourth-order valence-corrected chi connectivity index (χ4v) is 7.51. The van der Waals surface area contributed by atoms with Crippen molar-refractivity contribution in [3.05, 3.63) is 54.2 Å². The number of nitrogens with zero attached hydrogens (tertiary/aromatic N) is 2. The van der Waals surface area contributed by atoms with E-state index in [0.29, 0.717) is 17.7 Å². The number of carbonyl (C=O) groups is 9. The van der Waals surface area contributed by atoms with E-state index in [1.807, 2.05) is 38.1 Å². The number of nitrogens with one attached hydrogen (secondary N) is 8. The third-order valence-corrected chi connectivity index (χ3v) is 11.9. The van der Waals surface area contributed by atoms with E-state index in [1.54, 1.807) is 40.8 Å². The first-order chi connectivity index (χ1) is 32.3. The Balaban J connectivity index is 1.70. The monoisotopic (exact) mass is 964 g/mol. The van der Waals surface area contributed by atoms with Gasteiger partial charge in [0.25, 0.3) is 0 Å². The number of benzene rings is 1. The molecule has 69 heavy (non-hydrogen) atoms. The van der Waals surface area contributed by atoms with Crippen LogP contribution in [-0.4, -0.2) is 129 Å². The molecule has 0 aliphatic rings. The topological polar surface area (TPSA) is 352 Å². The second-order valence-corrected chi connectivity index (χ2v) is 19.1. The first-order valence-corrected chi connectivity index (χ1v) is 23.2. The minimum atomic E-state index is -1.21. The van der Waals surface area contributed by atoms with Crippen LogP contribution in [0.4, 0.5) is 0 Å². The van der Waals surface area contributed by atoms with Crippen molar-refractivity contribution in [1.82, 2.24) is 51.8 Å². The van der Waals surface area contributed by atoms with Crippen LogP contribution in [0.5, 0.6) is 0 Å². The SMILES string of the molecule is CCC(C)C(CCC(=O)NC(C(N)=O)C(C)(C)C)NC(=O)[C@H](Cc1cnc[nH]1)NC(=O)CN(C)C(=O)[C@@H](NC(=O)[C@H](C)NC(=O)[C@H](Cc1c[nH]c2ccccc12)NC(=O)[C@@H](N)CCC(N)=O)C(C)C. The van der Waals surface area contributed by atoms with E-state index < -0.39 is 113 Å². The Morgan fingerprint density at radius 2 is 1.41 bits per heavy atom. The van der Waals surface area contributed by atoms with Crippen LogP contribution in [0.25, 0.3) is 10.9 Å². The third kappa shape index (κ3) is 17.6. The Kier molecular flexibility index (Phi) is 21.3. The normalized spacial score (nSPS) is 15.0. The lowest BCUT2D eigenvalue weighted by Crippen LogP contribution is -2.59. The number of imidazole rings is 1. The predicted molar refractivity (Wildman–Crippen MR) is 258 cm³/mol. The van der Waals surface area contributed by atoms with Crippen molar-refractivity contribution in [1.29, 1.82) is 0 Å². The van der Waals surface area contributed by atoms with Crippen LogP contribution in [-0.2, 0) is 56.0 Å². The van der Waals surface area contributed by atoms with Gasteiger partial charge in [-0.1, -0.05) is 73.1 Å². The molecule has 0 bridgehead atoms. The number of rotatable bonds is 27. The molecule has 3 unspecified atom stereocenters. The smallest absolute Gasteiger partial charge is 0.245 e. The first-order valence-electron chi connectivity index (χ1n) is 23.2. The number of aromatic amines is 2. The van der Waals surface area contributed by atoms with Gasteiger partial charge in [0.15, 0.2) is 0 Å². The maximum absolute atomic E-state index is 13.9. The van der Waals surface area contributed by atoms with Gasteiger partial charge >= 0.3 is 0 Å². The molecule has 0 radical (unpaired) electrons. The van der Waals surface area contributed by atoms with Crippen molar-refractivity contribution >= 4 is 64.1 Å². The van der Waals surface area contributed by atoms with Crippen LogP contribution >= 0.6 is 0 Å². The molecular weight excluding hydrogens is 891 g/mol. The second-order valence-electron chi connectivity index (χ2n) is 19.1. The van der Waals surface area contributed by atoms with Gasteiger partial charge < -0.3 is 64.0 Å². The molecule has 2 aromatic heterocycles. The van der Waals surface area contributed by atoms with Crippen molar-refractivity contribution in [2.24, 2.45) is 34.5 Å². The van der Waals surface area contributed by atoms with E-state index in [0.717, 1.165) is 15.8 Å². The zero-order chi connectivity index (χ0) is 51.7. The van der Waals surface area contributed by atoms with Gasteiger partial charge in [-0.2, -0.15) is 0 Å². The van der Waals surface area contributed by atoms with Crippen LogP contribution in [0.1, 0.15) is 98.8 Å². The molecule has 0 fully saturated rings. The van der Waals surface area contributed by atoms with Gasteiger partial charge in [0.2, 0.25) is 53.2 Å². The van der Waals surface area contributed by atoms with Gasteiger partial charge in [-0.05, 0) is 48.6 Å². The largest absolute Gasteiger partial charge is 0.370 e. The molecule has 22 heteroatoms. The van der Waals surface area contributed by atoms with Crippen molar-refractivity contribution in [3.8, 4) is 0 Å².